The van der Waals surface area contributed by atoms with E-state index < -0.39 is 12.1 Å². The van der Waals surface area contributed by atoms with Crippen molar-refractivity contribution in [1.29, 1.82) is 0 Å². The number of carboxylic acids is 1. The Morgan fingerprint density at radius 1 is 0.885 bits per heavy atom. The van der Waals surface area contributed by atoms with Crippen molar-refractivity contribution in [3.05, 3.63) is 88.4 Å². The van der Waals surface area contributed by atoms with Crippen molar-refractivity contribution in [2.75, 3.05) is 0 Å². The van der Waals surface area contributed by atoms with Crippen LogP contribution in [0.15, 0.2) is 72.8 Å². The summed E-state index contributed by atoms with van der Waals surface area (Å²) in [4.78, 5) is 11.6. The summed E-state index contributed by atoms with van der Waals surface area (Å²) in [7, 11) is 0. The first-order valence-corrected chi connectivity index (χ1v) is 8.46. The van der Waals surface area contributed by atoms with Crippen LogP contribution in [0.5, 0.6) is 17.2 Å². The Kier molecular flexibility index (Phi) is 5.66. The van der Waals surface area contributed by atoms with Crippen LogP contribution in [0.25, 0.3) is 0 Å². The van der Waals surface area contributed by atoms with Crippen molar-refractivity contribution in [1.82, 2.24) is 0 Å². The maximum absolute atomic E-state index is 11.6. The summed E-state index contributed by atoms with van der Waals surface area (Å²) in [5.41, 5.74) is 0.496. The van der Waals surface area contributed by atoms with E-state index in [1.165, 1.54) is 0 Å². The van der Waals surface area contributed by atoms with E-state index in [0.717, 1.165) is 0 Å². The standard InChI is InChI=1S/C20H14Cl2O4/c21-14-8-11-18(17(22)12-14)25-16-9-6-13(7-10-16)19(20(23)24)26-15-4-2-1-3-5-15/h1-12,19H,(H,23,24). The number of aliphatic carboxylic acids is 1. The van der Waals surface area contributed by atoms with Gasteiger partial charge < -0.3 is 14.6 Å². The minimum Gasteiger partial charge on any atom is -0.478 e. The highest BCUT2D eigenvalue weighted by molar-refractivity contribution is 6.35. The average molecular weight is 389 g/mol. The van der Waals surface area contributed by atoms with Gasteiger partial charge in [-0.05, 0) is 42.5 Å². The Hall–Kier alpha value is -2.69. The number of rotatable bonds is 6. The van der Waals surface area contributed by atoms with Gasteiger partial charge in [-0.1, -0.05) is 53.5 Å². The van der Waals surface area contributed by atoms with Crippen LogP contribution in [0.3, 0.4) is 0 Å². The summed E-state index contributed by atoms with van der Waals surface area (Å²) in [6.07, 6.45) is -1.12. The molecule has 0 aliphatic carbocycles. The molecule has 132 valence electrons. The molecule has 0 radical (unpaired) electrons. The molecule has 26 heavy (non-hydrogen) atoms. The van der Waals surface area contributed by atoms with Crippen molar-refractivity contribution in [2.24, 2.45) is 0 Å². The molecule has 1 atom stereocenters. The molecule has 3 aromatic rings. The van der Waals surface area contributed by atoms with E-state index in [1.54, 1.807) is 66.7 Å². The van der Waals surface area contributed by atoms with Gasteiger partial charge in [0.25, 0.3) is 0 Å². The van der Waals surface area contributed by atoms with Gasteiger partial charge in [0.1, 0.15) is 17.2 Å². The zero-order valence-electron chi connectivity index (χ0n) is 13.4. The molecule has 1 unspecified atom stereocenters. The highest BCUT2D eigenvalue weighted by Gasteiger charge is 2.22. The molecule has 3 rings (SSSR count). The van der Waals surface area contributed by atoms with Crippen molar-refractivity contribution in [3.63, 3.8) is 0 Å². The lowest BCUT2D eigenvalue weighted by Gasteiger charge is -2.16. The highest BCUT2D eigenvalue weighted by Crippen LogP contribution is 2.32. The summed E-state index contributed by atoms with van der Waals surface area (Å²) in [6.45, 7) is 0. The van der Waals surface area contributed by atoms with Crippen LogP contribution in [0.1, 0.15) is 11.7 Å². The minimum atomic E-state index is -1.12. The molecular formula is C20H14Cl2O4. The molecule has 0 aliphatic rings. The predicted molar refractivity (Wildman–Crippen MR) is 100 cm³/mol. The summed E-state index contributed by atoms with van der Waals surface area (Å²) in [5, 5.41) is 10.4. The van der Waals surface area contributed by atoms with E-state index >= 15 is 0 Å². The fourth-order valence-electron chi connectivity index (χ4n) is 2.29. The van der Waals surface area contributed by atoms with Crippen LogP contribution in [0.2, 0.25) is 10.0 Å². The minimum absolute atomic E-state index is 0.386. The third-order valence-corrected chi connectivity index (χ3v) is 4.06. The monoisotopic (exact) mass is 388 g/mol. The first kappa shape index (κ1) is 18.1. The second kappa shape index (κ2) is 8.13. The summed E-state index contributed by atoms with van der Waals surface area (Å²) in [6, 6.07) is 20.3. The van der Waals surface area contributed by atoms with Crippen LogP contribution in [-0.4, -0.2) is 11.1 Å². The smallest absolute Gasteiger partial charge is 0.349 e. The molecule has 0 spiro atoms. The number of para-hydroxylation sites is 1. The predicted octanol–water partition coefficient (Wildman–Crippen LogP) is 5.99. The van der Waals surface area contributed by atoms with Crippen molar-refractivity contribution < 1.29 is 19.4 Å². The molecular weight excluding hydrogens is 375 g/mol. The lowest BCUT2D eigenvalue weighted by Crippen LogP contribution is -2.18. The van der Waals surface area contributed by atoms with E-state index in [-0.39, 0.29) is 0 Å². The molecule has 0 aromatic heterocycles. The topological polar surface area (TPSA) is 55.8 Å². The quantitative estimate of drug-likeness (QED) is 0.563. The third kappa shape index (κ3) is 4.48. The average Bonchev–Trinajstić information content (AvgIpc) is 2.63. The summed E-state index contributed by atoms with van der Waals surface area (Å²) < 4.78 is 11.3. The molecule has 0 fully saturated rings. The molecule has 0 heterocycles. The second-order valence-electron chi connectivity index (χ2n) is 5.40. The van der Waals surface area contributed by atoms with Gasteiger partial charge in [-0.3, -0.25) is 0 Å². The maximum atomic E-state index is 11.6. The van der Waals surface area contributed by atoms with E-state index in [0.29, 0.717) is 32.9 Å². The lowest BCUT2D eigenvalue weighted by molar-refractivity contribution is -0.145. The van der Waals surface area contributed by atoms with Gasteiger partial charge in [0.15, 0.2) is 0 Å². The molecule has 3 aromatic carbocycles. The first-order valence-electron chi connectivity index (χ1n) is 7.70. The van der Waals surface area contributed by atoms with Crippen LogP contribution in [-0.2, 0) is 4.79 Å². The van der Waals surface area contributed by atoms with Gasteiger partial charge in [0.05, 0.1) is 5.02 Å². The number of carboxylic acid groups (broad SMARTS) is 1. The van der Waals surface area contributed by atoms with Crippen LogP contribution >= 0.6 is 23.2 Å². The summed E-state index contributed by atoms with van der Waals surface area (Å²) in [5.74, 6) is 0.373. The van der Waals surface area contributed by atoms with Gasteiger partial charge in [0, 0.05) is 10.6 Å². The fraction of sp³-hybridized carbons (Fsp3) is 0.0500. The Morgan fingerprint density at radius 2 is 1.58 bits per heavy atom. The SMILES string of the molecule is O=C(O)C(Oc1ccccc1)c1ccc(Oc2ccc(Cl)cc2Cl)cc1. The van der Waals surface area contributed by atoms with Crippen molar-refractivity contribution in [2.45, 2.75) is 6.10 Å². The van der Waals surface area contributed by atoms with Crippen molar-refractivity contribution in [3.8, 4) is 17.2 Å². The van der Waals surface area contributed by atoms with Crippen LogP contribution in [0.4, 0.5) is 0 Å². The summed E-state index contributed by atoms with van der Waals surface area (Å²) >= 11 is 11.9. The molecule has 4 nitrogen and oxygen atoms in total. The van der Waals surface area contributed by atoms with Crippen LogP contribution in [0, 0.1) is 0 Å². The molecule has 0 saturated heterocycles. The molecule has 0 saturated carbocycles. The first-order chi connectivity index (χ1) is 12.5. The maximum Gasteiger partial charge on any atom is 0.349 e. The van der Waals surface area contributed by atoms with E-state index in [1.807, 2.05) is 6.07 Å². The molecule has 1 N–H and O–H groups in total. The fourth-order valence-corrected chi connectivity index (χ4v) is 2.74. The molecule has 0 bridgehead atoms. The number of carbonyl (C=O) groups is 1. The lowest BCUT2D eigenvalue weighted by atomic mass is 10.1. The van der Waals surface area contributed by atoms with Gasteiger partial charge in [0.2, 0.25) is 6.10 Å². The van der Waals surface area contributed by atoms with E-state index in [2.05, 4.69) is 0 Å². The van der Waals surface area contributed by atoms with Gasteiger partial charge in [-0.25, -0.2) is 4.79 Å². The van der Waals surface area contributed by atoms with Gasteiger partial charge in [-0.15, -0.1) is 0 Å². The molecule has 0 aliphatic heterocycles. The normalized spacial score (nSPS) is 11.6. The van der Waals surface area contributed by atoms with Crippen molar-refractivity contribution >= 4 is 29.2 Å². The number of ether oxygens (including phenoxy) is 2. The zero-order chi connectivity index (χ0) is 18.5. The zero-order valence-corrected chi connectivity index (χ0v) is 14.9. The van der Waals surface area contributed by atoms with Gasteiger partial charge >= 0.3 is 5.97 Å². The largest absolute Gasteiger partial charge is 0.478 e. The van der Waals surface area contributed by atoms with Crippen LogP contribution < -0.4 is 9.47 Å². The van der Waals surface area contributed by atoms with Gasteiger partial charge in [-0.2, -0.15) is 0 Å². The molecule has 0 amide bonds. The van der Waals surface area contributed by atoms with E-state index in [9.17, 15) is 9.90 Å². The third-order valence-electron chi connectivity index (χ3n) is 3.53. The van der Waals surface area contributed by atoms with E-state index in [4.69, 9.17) is 32.7 Å². The number of hydrogen-bond acceptors (Lipinski definition) is 3. The Morgan fingerprint density at radius 3 is 2.19 bits per heavy atom. The Balaban J connectivity index is 1.77. The Labute approximate surface area is 160 Å². The highest BCUT2D eigenvalue weighted by atomic mass is 35.5. The Bertz CT molecular complexity index is 895. The molecule has 6 heteroatoms. The second-order valence-corrected chi connectivity index (χ2v) is 6.24. The number of benzene rings is 3. The number of hydrogen-bond donors (Lipinski definition) is 1. The number of halogens is 2.